The summed E-state index contributed by atoms with van der Waals surface area (Å²) in [4.78, 5) is 14.1. The molecule has 2 aromatic rings. The molecule has 1 heterocycles. The molecule has 1 saturated carbocycles. The first kappa shape index (κ1) is 22.1. The van der Waals surface area contributed by atoms with Crippen molar-refractivity contribution in [3.8, 4) is 0 Å². The van der Waals surface area contributed by atoms with Crippen LogP contribution in [-0.2, 0) is 22.0 Å². The molecular weight excluding hydrogens is 431 g/mol. The molecule has 2 unspecified atom stereocenters. The Hall–Kier alpha value is -2.09. The summed E-state index contributed by atoms with van der Waals surface area (Å²) in [5.41, 5.74) is -2.20. The predicted molar refractivity (Wildman–Crippen MR) is 110 cm³/mol. The van der Waals surface area contributed by atoms with Crippen LogP contribution >= 0.6 is 11.6 Å². The highest BCUT2D eigenvalue weighted by atomic mass is 35.5. The van der Waals surface area contributed by atoms with Crippen LogP contribution in [0.4, 0.5) is 13.2 Å². The highest BCUT2D eigenvalue weighted by Crippen LogP contribution is 2.55. The van der Waals surface area contributed by atoms with Crippen LogP contribution in [0.3, 0.4) is 0 Å². The molecule has 0 amide bonds. The Morgan fingerprint density at radius 1 is 1.10 bits per heavy atom. The number of piperidine rings is 1. The van der Waals surface area contributed by atoms with Crippen molar-refractivity contribution in [2.24, 2.45) is 5.92 Å². The van der Waals surface area contributed by atoms with Crippen molar-refractivity contribution in [3.63, 3.8) is 0 Å². The summed E-state index contributed by atoms with van der Waals surface area (Å²) in [6, 6.07) is 12.7. The molecule has 2 aliphatic rings. The minimum atomic E-state index is -4.59. The molecule has 4 nitrogen and oxygen atoms in total. The van der Waals surface area contributed by atoms with Crippen molar-refractivity contribution in [2.75, 3.05) is 19.6 Å². The van der Waals surface area contributed by atoms with E-state index in [1.165, 1.54) is 12.1 Å². The van der Waals surface area contributed by atoms with E-state index in [9.17, 15) is 28.2 Å². The molecular formula is C23H23ClF3NO3. The Balaban J connectivity index is 1.43. The van der Waals surface area contributed by atoms with Gasteiger partial charge in [-0.05, 0) is 48.4 Å². The number of hydrogen-bond donors (Lipinski definition) is 2. The molecule has 0 spiro atoms. The fourth-order valence-corrected chi connectivity index (χ4v) is 4.99. The van der Waals surface area contributed by atoms with Gasteiger partial charge in [0.05, 0.1) is 21.6 Å². The number of alkyl halides is 3. The number of carbonyl (C=O) groups is 1. The van der Waals surface area contributed by atoms with E-state index in [0.717, 1.165) is 11.6 Å². The van der Waals surface area contributed by atoms with Crippen molar-refractivity contribution in [1.29, 1.82) is 0 Å². The third-order valence-electron chi connectivity index (χ3n) is 6.75. The maximum atomic E-state index is 13.2. The highest BCUT2D eigenvalue weighted by molar-refractivity contribution is 6.31. The third kappa shape index (κ3) is 4.06. The maximum absolute atomic E-state index is 13.2. The number of aliphatic carboxylic acids is 1. The van der Waals surface area contributed by atoms with Crippen LogP contribution in [0.2, 0.25) is 5.02 Å². The quantitative estimate of drug-likeness (QED) is 0.690. The average molecular weight is 454 g/mol. The van der Waals surface area contributed by atoms with E-state index in [2.05, 4.69) is 4.90 Å². The second-order valence-electron chi connectivity index (χ2n) is 8.57. The summed E-state index contributed by atoms with van der Waals surface area (Å²) in [7, 11) is 0. The normalized spacial score (nSPS) is 25.9. The maximum Gasteiger partial charge on any atom is 0.417 e. The van der Waals surface area contributed by atoms with Gasteiger partial charge in [-0.25, -0.2) is 0 Å². The molecule has 2 aromatic carbocycles. The van der Waals surface area contributed by atoms with Crippen LogP contribution in [0, 0.1) is 5.92 Å². The lowest BCUT2D eigenvalue weighted by molar-refractivity contribution is -0.141. The smallest absolute Gasteiger partial charge is 0.417 e. The number of halogens is 4. The Labute approximate surface area is 183 Å². The fraction of sp³-hybridized carbons (Fsp3) is 0.435. The van der Waals surface area contributed by atoms with Gasteiger partial charge in [-0.2, -0.15) is 13.2 Å². The van der Waals surface area contributed by atoms with E-state index < -0.39 is 33.7 Å². The Morgan fingerprint density at radius 2 is 1.74 bits per heavy atom. The molecule has 8 heteroatoms. The number of aliphatic hydroxyl groups is 1. The van der Waals surface area contributed by atoms with Gasteiger partial charge in [0.1, 0.15) is 0 Å². The van der Waals surface area contributed by atoms with Crippen LogP contribution in [0.5, 0.6) is 0 Å². The topological polar surface area (TPSA) is 60.8 Å². The zero-order chi connectivity index (χ0) is 22.4. The molecule has 0 aromatic heterocycles. The Kier molecular flexibility index (Phi) is 5.56. The summed E-state index contributed by atoms with van der Waals surface area (Å²) >= 11 is 5.70. The number of likely N-dealkylation sites (tertiary alicyclic amines) is 1. The first-order chi connectivity index (χ1) is 14.6. The van der Waals surface area contributed by atoms with Crippen molar-refractivity contribution >= 4 is 17.6 Å². The van der Waals surface area contributed by atoms with E-state index in [0.29, 0.717) is 26.1 Å². The van der Waals surface area contributed by atoms with Gasteiger partial charge < -0.3 is 15.1 Å². The summed E-state index contributed by atoms with van der Waals surface area (Å²) in [5.74, 6) is -0.871. The lowest BCUT2D eigenvalue weighted by atomic mass is 9.83. The minimum Gasteiger partial charge on any atom is -0.481 e. The molecule has 0 radical (unpaired) electrons. The molecule has 1 saturated heterocycles. The van der Waals surface area contributed by atoms with Gasteiger partial charge in [-0.15, -0.1) is 0 Å². The lowest BCUT2D eigenvalue weighted by Gasteiger charge is -2.39. The van der Waals surface area contributed by atoms with Crippen LogP contribution < -0.4 is 0 Å². The van der Waals surface area contributed by atoms with Gasteiger partial charge in [0.25, 0.3) is 0 Å². The number of carboxylic acid groups (broad SMARTS) is 1. The lowest BCUT2D eigenvalue weighted by Crippen LogP contribution is -2.44. The second kappa shape index (κ2) is 7.80. The standard InChI is InChI=1S/C23H23ClF3NO3/c24-19-7-6-16(12-18(19)23(25,26)27)21(31)8-10-28(11-9-21)14-17-13-22(17,20(29)30)15-4-2-1-3-5-15/h1-7,12,17,31H,8-11,13-14H2,(H,29,30). The van der Waals surface area contributed by atoms with Crippen molar-refractivity contribution in [1.82, 2.24) is 4.90 Å². The van der Waals surface area contributed by atoms with Crippen LogP contribution in [0.15, 0.2) is 48.5 Å². The van der Waals surface area contributed by atoms with Crippen molar-refractivity contribution in [3.05, 3.63) is 70.2 Å². The summed E-state index contributed by atoms with van der Waals surface area (Å²) in [5, 5.41) is 20.5. The van der Waals surface area contributed by atoms with Crippen molar-refractivity contribution in [2.45, 2.75) is 36.5 Å². The van der Waals surface area contributed by atoms with Crippen LogP contribution in [0.1, 0.15) is 36.0 Å². The average Bonchev–Trinajstić information content (AvgIpc) is 3.45. The number of nitrogens with zero attached hydrogens (tertiary/aromatic N) is 1. The second-order valence-corrected chi connectivity index (χ2v) is 8.98. The van der Waals surface area contributed by atoms with Gasteiger partial charge in [-0.3, -0.25) is 4.79 Å². The van der Waals surface area contributed by atoms with Gasteiger partial charge in [-0.1, -0.05) is 48.0 Å². The monoisotopic (exact) mass is 453 g/mol. The number of hydrogen-bond acceptors (Lipinski definition) is 3. The van der Waals surface area contributed by atoms with E-state index in [1.807, 2.05) is 30.3 Å². The van der Waals surface area contributed by atoms with E-state index >= 15 is 0 Å². The molecule has 2 atom stereocenters. The Bertz CT molecular complexity index is 974. The SMILES string of the molecule is O=C(O)C1(c2ccccc2)CC1CN1CCC(O)(c2ccc(Cl)c(C(F)(F)F)c2)CC1. The predicted octanol–water partition coefficient (Wildman–Crippen LogP) is 4.68. The highest BCUT2D eigenvalue weighted by Gasteiger charge is 2.61. The van der Waals surface area contributed by atoms with Gasteiger partial charge in [0.15, 0.2) is 0 Å². The first-order valence-corrected chi connectivity index (χ1v) is 10.5. The fourth-order valence-electron chi connectivity index (χ4n) is 4.76. The zero-order valence-corrected chi connectivity index (χ0v) is 17.5. The first-order valence-electron chi connectivity index (χ1n) is 10.2. The molecule has 1 aliphatic heterocycles. The molecule has 1 aliphatic carbocycles. The largest absolute Gasteiger partial charge is 0.481 e. The summed E-state index contributed by atoms with van der Waals surface area (Å²) < 4.78 is 39.6. The summed E-state index contributed by atoms with van der Waals surface area (Å²) in [6.45, 7) is 1.52. The molecule has 166 valence electrons. The number of benzene rings is 2. The van der Waals surface area contributed by atoms with Crippen LogP contribution in [-0.4, -0.2) is 40.7 Å². The Morgan fingerprint density at radius 3 is 2.32 bits per heavy atom. The molecule has 0 bridgehead atoms. The molecule has 4 rings (SSSR count). The van der Waals surface area contributed by atoms with Crippen molar-refractivity contribution < 1.29 is 28.2 Å². The van der Waals surface area contributed by atoms with E-state index in [4.69, 9.17) is 11.6 Å². The van der Waals surface area contributed by atoms with E-state index in [1.54, 1.807) is 0 Å². The number of rotatable bonds is 5. The summed E-state index contributed by atoms with van der Waals surface area (Å²) in [6.07, 6.45) is -3.50. The van der Waals surface area contributed by atoms with Gasteiger partial charge >= 0.3 is 12.1 Å². The minimum absolute atomic E-state index is 0.0362. The molecule has 2 fully saturated rings. The zero-order valence-electron chi connectivity index (χ0n) is 16.7. The molecule has 31 heavy (non-hydrogen) atoms. The third-order valence-corrected chi connectivity index (χ3v) is 7.08. The van der Waals surface area contributed by atoms with E-state index in [-0.39, 0.29) is 24.3 Å². The molecule has 2 N–H and O–H groups in total. The van der Waals surface area contributed by atoms with Crippen LogP contribution in [0.25, 0.3) is 0 Å². The number of carboxylic acids is 1. The van der Waals surface area contributed by atoms with Gasteiger partial charge in [0.2, 0.25) is 0 Å². The van der Waals surface area contributed by atoms with Gasteiger partial charge in [0, 0.05) is 19.6 Å².